The second kappa shape index (κ2) is 5.57. The molecule has 1 aromatic rings. The summed E-state index contributed by atoms with van der Waals surface area (Å²) in [6.07, 6.45) is 4.22. The molecule has 6 atom stereocenters. The normalized spacial score (nSPS) is 40.9. The molecule has 1 aromatic carbocycles. The highest BCUT2D eigenvalue weighted by molar-refractivity contribution is 5.19. The third kappa shape index (κ3) is 2.22. The van der Waals surface area contributed by atoms with Crippen molar-refractivity contribution in [2.45, 2.75) is 72.4 Å². The molecule has 1 unspecified atom stereocenters. The molecule has 3 aliphatic rings. The second-order valence-corrected chi connectivity index (χ2v) is 9.38. The Kier molecular flexibility index (Phi) is 3.85. The maximum absolute atomic E-state index is 6.54. The minimum atomic E-state index is -0.0383. The molecule has 0 spiro atoms. The van der Waals surface area contributed by atoms with Gasteiger partial charge in [-0.1, -0.05) is 65.0 Å². The predicted molar refractivity (Wildman–Crippen MR) is 96.5 cm³/mol. The molecule has 2 aliphatic carbocycles. The molecular weight excluding hydrogens is 296 g/mol. The largest absolute Gasteiger partial charge is 0.349 e. The van der Waals surface area contributed by atoms with Gasteiger partial charge in [-0.2, -0.15) is 0 Å². The van der Waals surface area contributed by atoms with E-state index in [1.165, 1.54) is 18.4 Å². The maximum atomic E-state index is 6.54. The third-order valence-corrected chi connectivity index (χ3v) is 7.70. The first-order valence-electron chi connectivity index (χ1n) is 9.70. The van der Waals surface area contributed by atoms with Crippen molar-refractivity contribution in [2.24, 2.45) is 28.6 Å². The summed E-state index contributed by atoms with van der Waals surface area (Å²) < 4.78 is 13.0. The van der Waals surface area contributed by atoms with Gasteiger partial charge in [-0.15, -0.1) is 0 Å². The van der Waals surface area contributed by atoms with Gasteiger partial charge in [-0.25, -0.2) is 0 Å². The molecule has 24 heavy (non-hydrogen) atoms. The molecule has 1 aliphatic heterocycles. The Labute approximate surface area is 146 Å². The molecule has 1 saturated heterocycles. The topological polar surface area (TPSA) is 18.5 Å². The lowest BCUT2D eigenvalue weighted by atomic mass is 9.70. The Morgan fingerprint density at radius 1 is 1.12 bits per heavy atom. The quantitative estimate of drug-likeness (QED) is 0.717. The highest BCUT2D eigenvalue weighted by Crippen LogP contribution is 2.71. The highest BCUT2D eigenvalue weighted by atomic mass is 16.7. The lowest BCUT2D eigenvalue weighted by Crippen LogP contribution is -2.38. The zero-order chi connectivity index (χ0) is 17.1. The van der Waals surface area contributed by atoms with Crippen molar-refractivity contribution in [3.8, 4) is 0 Å². The molecular formula is C22H32O2. The smallest absolute Gasteiger partial charge is 0.159 e. The lowest BCUT2D eigenvalue weighted by molar-refractivity contribution is -0.195. The average Bonchev–Trinajstić information content (AvgIpc) is 3.11. The van der Waals surface area contributed by atoms with E-state index in [4.69, 9.17) is 9.47 Å². The molecule has 0 N–H and O–H groups in total. The Hall–Kier alpha value is -0.860. The van der Waals surface area contributed by atoms with Crippen molar-refractivity contribution in [1.29, 1.82) is 0 Å². The van der Waals surface area contributed by atoms with Gasteiger partial charge in [-0.3, -0.25) is 0 Å². The monoisotopic (exact) mass is 328 g/mol. The van der Waals surface area contributed by atoms with Crippen LogP contribution in [0, 0.1) is 28.6 Å². The summed E-state index contributed by atoms with van der Waals surface area (Å²) in [4.78, 5) is 0. The van der Waals surface area contributed by atoms with E-state index < -0.39 is 0 Å². The van der Waals surface area contributed by atoms with Crippen LogP contribution in [0.2, 0.25) is 0 Å². The molecule has 0 radical (unpaired) electrons. The van der Waals surface area contributed by atoms with E-state index in [9.17, 15) is 0 Å². The number of hydrogen-bond acceptors (Lipinski definition) is 2. The Morgan fingerprint density at radius 2 is 1.83 bits per heavy atom. The molecule has 4 rings (SSSR count). The molecule has 0 amide bonds. The first-order valence-corrected chi connectivity index (χ1v) is 9.70. The summed E-state index contributed by atoms with van der Waals surface area (Å²) in [5.74, 6) is 1.93. The second-order valence-electron chi connectivity index (χ2n) is 9.38. The number of hydrogen-bond donors (Lipinski definition) is 0. The molecule has 0 aromatic heterocycles. The molecule has 2 heteroatoms. The van der Waals surface area contributed by atoms with Gasteiger partial charge in [0.05, 0.1) is 12.2 Å². The molecule has 3 fully saturated rings. The minimum absolute atomic E-state index is 0.0383. The van der Waals surface area contributed by atoms with Crippen molar-refractivity contribution in [3.05, 3.63) is 35.9 Å². The fourth-order valence-electron chi connectivity index (χ4n) is 6.00. The van der Waals surface area contributed by atoms with E-state index in [0.717, 1.165) is 12.3 Å². The van der Waals surface area contributed by atoms with Crippen LogP contribution in [-0.4, -0.2) is 12.4 Å². The van der Waals surface area contributed by atoms with Crippen molar-refractivity contribution < 1.29 is 9.47 Å². The summed E-state index contributed by atoms with van der Waals surface area (Å²) in [5.41, 5.74) is 1.99. The summed E-state index contributed by atoms with van der Waals surface area (Å²) in [6.45, 7) is 11.9. The van der Waals surface area contributed by atoms with E-state index in [1.807, 2.05) is 0 Å². The van der Waals surface area contributed by atoms with E-state index in [-0.39, 0.29) is 12.4 Å². The van der Waals surface area contributed by atoms with Crippen molar-refractivity contribution >= 4 is 0 Å². The zero-order valence-corrected chi connectivity index (χ0v) is 15.8. The average molecular weight is 328 g/mol. The fraction of sp³-hybridized carbons (Fsp3) is 0.727. The van der Waals surface area contributed by atoms with Crippen LogP contribution < -0.4 is 0 Å². The van der Waals surface area contributed by atoms with Gasteiger partial charge in [0.15, 0.2) is 6.29 Å². The SMILES string of the molecule is CC(C)C(O[C@H]1C[C@@H]2[C@H]3CC[C@@](C)([C@@H]2O1)C3(C)C)c1ccccc1. The molecule has 2 nitrogen and oxygen atoms in total. The fourth-order valence-corrected chi connectivity index (χ4v) is 6.00. The van der Waals surface area contributed by atoms with E-state index >= 15 is 0 Å². The standard InChI is InChI=1S/C22H32O2/c1-14(2)19(15-9-7-6-8-10-15)23-18-13-16-17-11-12-22(5,20(16)24-18)21(17,3)4/h6-10,14,16-20H,11-13H2,1-5H3/t16-,17-,18-,19?,20-,22+/m1/s1. The third-order valence-electron chi connectivity index (χ3n) is 7.70. The maximum Gasteiger partial charge on any atom is 0.159 e. The van der Waals surface area contributed by atoms with Crippen LogP contribution in [0.1, 0.15) is 65.5 Å². The number of benzene rings is 1. The van der Waals surface area contributed by atoms with Gasteiger partial charge in [0, 0.05) is 6.42 Å². The van der Waals surface area contributed by atoms with Crippen molar-refractivity contribution in [3.63, 3.8) is 0 Å². The van der Waals surface area contributed by atoms with Crippen LogP contribution in [0.3, 0.4) is 0 Å². The van der Waals surface area contributed by atoms with Crippen LogP contribution in [0.15, 0.2) is 30.3 Å². The van der Waals surface area contributed by atoms with Gasteiger partial charge >= 0.3 is 0 Å². The van der Waals surface area contributed by atoms with Gasteiger partial charge in [-0.05, 0) is 47.0 Å². The lowest BCUT2D eigenvalue weighted by Gasteiger charge is -2.39. The summed E-state index contributed by atoms with van der Waals surface area (Å²) in [5, 5.41) is 0. The highest BCUT2D eigenvalue weighted by Gasteiger charge is 2.69. The van der Waals surface area contributed by atoms with Crippen LogP contribution >= 0.6 is 0 Å². The van der Waals surface area contributed by atoms with E-state index in [1.54, 1.807) is 0 Å². The number of ether oxygens (including phenoxy) is 2. The molecule has 2 bridgehead atoms. The minimum Gasteiger partial charge on any atom is -0.349 e. The zero-order valence-electron chi connectivity index (χ0n) is 15.8. The Morgan fingerprint density at radius 3 is 2.46 bits per heavy atom. The Bertz CT molecular complexity index is 593. The Balaban J connectivity index is 1.51. The van der Waals surface area contributed by atoms with Crippen LogP contribution in [-0.2, 0) is 9.47 Å². The van der Waals surface area contributed by atoms with E-state index in [0.29, 0.717) is 28.8 Å². The molecule has 2 saturated carbocycles. The first-order chi connectivity index (χ1) is 11.3. The summed E-state index contributed by atoms with van der Waals surface area (Å²) >= 11 is 0. The summed E-state index contributed by atoms with van der Waals surface area (Å²) in [6, 6.07) is 10.6. The van der Waals surface area contributed by atoms with E-state index in [2.05, 4.69) is 65.0 Å². The number of fused-ring (bicyclic) bond motifs is 5. The van der Waals surface area contributed by atoms with Gasteiger partial charge in [0.25, 0.3) is 0 Å². The van der Waals surface area contributed by atoms with Crippen LogP contribution in [0.4, 0.5) is 0 Å². The van der Waals surface area contributed by atoms with Crippen LogP contribution in [0.5, 0.6) is 0 Å². The summed E-state index contributed by atoms with van der Waals surface area (Å²) in [7, 11) is 0. The first kappa shape index (κ1) is 16.6. The van der Waals surface area contributed by atoms with Gasteiger partial charge in [0.2, 0.25) is 0 Å². The van der Waals surface area contributed by atoms with Crippen molar-refractivity contribution in [2.75, 3.05) is 0 Å². The predicted octanol–water partition coefficient (Wildman–Crippen LogP) is 5.59. The van der Waals surface area contributed by atoms with Gasteiger partial charge < -0.3 is 9.47 Å². The van der Waals surface area contributed by atoms with Gasteiger partial charge in [0.1, 0.15) is 0 Å². The molecule has 1 heterocycles. The van der Waals surface area contributed by atoms with Crippen LogP contribution in [0.25, 0.3) is 0 Å². The molecule has 132 valence electrons. The van der Waals surface area contributed by atoms with Crippen molar-refractivity contribution in [1.82, 2.24) is 0 Å². The number of rotatable bonds is 4.